The Kier molecular flexibility index (Phi) is 7.07. The molecule has 0 aromatic carbocycles. The number of thiazole rings is 1. The van der Waals surface area contributed by atoms with Gasteiger partial charge in [-0.15, -0.1) is 11.3 Å². The zero-order chi connectivity index (χ0) is 25.1. The highest BCUT2D eigenvalue weighted by Gasteiger charge is 2.20. The van der Waals surface area contributed by atoms with Crippen LogP contribution in [0.25, 0.3) is 15.3 Å². The molecule has 0 spiro atoms. The number of nitrogens with zero attached hydrogens (tertiary/aromatic N) is 5. The van der Waals surface area contributed by atoms with Gasteiger partial charge in [-0.05, 0) is 32.4 Å². The van der Waals surface area contributed by atoms with Crippen molar-refractivity contribution in [2.45, 2.75) is 38.8 Å². The van der Waals surface area contributed by atoms with Crippen LogP contribution in [0.4, 0.5) is 11.4 Å². The van der Waals surface area contributed by atoms with Crippen molar-refractivity contribution in [3.8, 4) is 10.4 Å². The van der Waals surface area contributed by atoms with Gasteiger partial charge in [0.1, 0.15) is 4.83 Å². The second kappa shape index (κ2) is 10.6. The quantitative estimate of drug-likeness (QED) is 0.317. The Bertz CT molecular complexity index is 1390. The molecule has 5 rings (SSSR count). The molecular weight excluding hydrogens is 480 g/mol. The van der Waals surface area contributed by atoms with E-state index in [2.05, 4.69) is 31.1 Å². The van der Waals surface area contributed by atoms with Crippen LogP contribution in [0.3, 0.4) is 0 Å². The maximum Gasteiger partial charge on any atom is 0.260 e. The molecular formula is C24H28N8O3S. The van der Waals surface area contributed by atoms with Crippen molar-refractivity contribution in [3.05, 3.63) is 48.3 Å². The lowest BCUT2D eigenvalue weighted by molar-refractivity contribution is -0.116. The van der Waals surface area contributed by atoms with Crippen LogP contribution < -0.4 is 16.0 Å². The third-order valence-electron chi connectivity index (χ3n) is 6.10. The van der Waals surface area contributed by atoms with Gasteiger partial charge in [0.25, 0.3) is 5.91 Å². The van der Waals surface area contributed by atoms with E-state index in [0.29, 0.717) is 42.2 Å². The number of methoxy groups -OCH3 is 1. The summed E-state index contributed by atoms with van der Waals surface area (Å²) in [7, 11) is 1.66. The number of aromatic nitrogens is 5. The molecule has 12 heteroatoms. The van der Waals surface area contributed by atoms with E-state index in [1.807, 2.05) is 24.0 Å². The Labute approximate surface area is 211 Å². The molecule has 1 aliphatic heterocycles. The molecule has 0 aliphatic carbocycles. The molecule has 1 saturated heterocycles. The Morgan fingerprint density at radius 3 is 2.92 bits per heavy atom. The van der Waals surface area contributed by atoms with Crippen molar-refractivity contribution in [3.63, 3.8) is 0 Å². The Balaban J connectivity index is 1.29. The van der Waals surface area contributed by atoms with Crippen LogP contribution in [0, 0.1) is 6.92 Å². The van der Waals surface area contributed by atoms with E-state index in [0.717, 1.165) is 34.7 Å². The van der Waals surface area contributed by atoms with Gasteiger partial charge in [0, 0.05) is 37.5 Å². The molecule has 0 saturated carbocycles. The summed E-state index contributed by atoms with van der Waals surface area (Å²) >= 11 is 1.47. The number of pyridine rings is 1. The lowest BCUT2D eigenvalue weighted by Gasteiger charge is -2.12. The van der Waals surface area contributed by atoms with Crippen LogP contribution in [0.2, 0.25) is 0 Å². The van der Waals surface area contributed by atoms with Crippen molar-refractivity contribution in [1.29, 1.82) is 0 Å². The lowest BCUT2D eigenvalue weighted by atomic mass is 10.1. The fourth-order valence-electron chi connectivity index (χ4n) is 4.16. The Morgan fingerprint density at radius 1 is 1.22 bits per heavy atom. The van der Waals surface area contributed by atoms with Gasteiger partial charge in [-0.1, -0.05) is 0 Å². The minimum absolute atomic E-state index is 0.0765. The summed E-state index contributed by atoms with van der Waals surface area (Å²) in [5.41, 5.74) is 3.14. The number of fused-ring (bicyclic) bond motifs is 1. The average Bonchev–Trinajstić information content (AvgIpc) is 3.64. The van der Waals surface area contributed by atoms with E-state index in [1.165, 1.54) is 11.3 Å². The second-order valence-electron chi connectivity index (χ2n) is 8.74. The maximum atomic E-state index is 13.2. The largest absolute Gasteiger partial charge is 0.383 e. The van der Waals surface area contributed by atoms with Gasteiger partial charge in [0.05, 0.1) is 59.3 Å². The minimum atomic E-state index is -0.294. The number of anilines is 2. The van der Waals surface area contributed by atoms with E-state index in [9.17, 15) is 9.59 Å². The summed E-state index contributed by atoms with van der Waals surface area (Å²) in [4.78, 5) is 31.6. The highest BCUT2D eigenvalue weighted by atomic mass is 32.1. The standard InChI is InChI=1S/C24H28N8O3S/c1-15-20(8-18(11-26-15)29-22(33)9-17-4-3-5-25-17)30-23(34)19-12-28-32-14-21(36-24(19)32)16-10-27-31(13-16)6-7-35-2/h8,10-14,17,25H,3-7,9H2,1-2H3,(H,29,33)(H,30,34). The van der Waals surface area contributed by atoms with Crippen molar-refractivity contribution in [2.24, 2.45) is 0 Å². The first-order valence-electron chi connectivity index (χ1n) is 11.8. The van der Waals surface area contributed by atoms with Crippen molar-refractivity contribution < 1.29 is 14.3 Å². The molecule has 0 radical (unpaired) electrons. The molecule has 3 N–H and O–H groups in total. The highest BCUT2D eigenvalue weighted by molar-refractivity contribution is 7.21. The molecule has 5 heterocycles. The SMILES string of the molecule is COCCn1cc(-c2cn3ncc(C(=O)Nc4cc(NC(=O)CC5CCCN5)cnc4C)c3s2)cn1. The van der Waals surface area contributed by atoms with E-state index in [1.54, 1.807) is 36.3 Å². The third-order valence-corrected chi connectivity index (χ3v) is 7.26. The molecule has 1 atom stereocenters. The number of aryl methyl sites for hydroxylation is 1. The predicted octanol–water partition coefficient (Wildman–Crippen LogP) is 2.94. The number of carbonyl (C=O) groups excluding carboxylic acids is 2. The fourth-order valence-corrected chi connectivity index (χ4v) is 5.19. The van der Waals surface area contributed by atoms with Gasteiger partial charge >= 0.3 is 0 Å². The minimum Gasteiger partial charge on any atom is -0.383 e. The van der Waals surface area contributed by atoms with Crippen LogP contribution in [-0.4, -0.2) is 62.5 Å². The van der Waals surface area contributed by atoms with E-state index in [-0.39, 0.29) is 17.9 Å². The van der Waals surface area contributed by atoms with Gasteiger partial charge in [0.15, 0.2) is 0 Å². The van der Waals surface area contributed by atoms with Gasteiger partial charge in [-0.2, -0.15) is 10.2 Å². The predicted molar refractivity (Wildman–Crippen MR) is 137 cm³/mol. The lowest BCUT2D eigenvalue weighted by Crippen LogP contribution is -2.27. The van der Waals surface area contributed by atoms with Gasteiger partial charge in [-0.25, -0.2) is 4.52 Å². The maximum absolute atomic E-state index is 13.2. The number of hydrogen-bond donors (Lipinski definition) is 3. The molecule has 1 unspecified atom stereocenters. The third kappa shape index (κ3) is 5.30. The average molecular weight is 509 g/mol. The topological polar surface area (TPSA) is 127 Å². The number of amides is 2. The van der Waals surface area contributed by atoms with Crippen LogP contribution >= 0.6 is 11.3 Å². The van der Waals surface area contributed by atoms with Crippen molar-refractivity contribution >= 4 is 39.4 Å². The molecule has 0 bridgehead atoms. The monoisotopic (exact) mass is 508 g/mol. The van der Waals surface area contributed by atoms with Gasteiger partial charge in [0.2, 0.25) is 5.91 Å². The molecule has 1 fully saturated rings. The Morgan fingerprint density at radius 2 is 2.11 bits per heavy atom. The van der Waals surface area contributed by atoms with Crippen LogP contribution in [-0.2, 0) is 16.1 Å². The first kappa shape index (κ1) is 24.1. The molecule has 4 aromatic heterocycles. The second-order valence-corrected chi connectivity index (χ2v) is 9.78. The first-order chi connectivity index (χ1) is 17.5. The molecule has 188 valence electrons. The summed E-state index contributed by atoms with van der Waals surface area (Å²) < 4.78 is 8.62. The normalized spacial score (nSPS) is 15.4. The van der Waals surface area contributed by atoms with Gasteiger partial charge < -0.3 is 20.7 Å². The summed E-state index contributed by atoms with van der Waals surface area (Å²) in [6.07, 6.45) is 11.3. The molecule has 36 heavy (non-hydrogen) atoms. The van der Waals surface area contributed by atoms with Gasteiger partial charge in [-0.3, -0.25) is 19.3 Å². The molecule has 11 nitrogen and oxygen atoms in total. The number of hydrogen-bond acceptors (Lipinski definition) is 8. The van der Waals surface area contributed by atoms with E-state index >= 15 is 0 Å². The molecule has 2 amide bonds. The van der Waals surface area contributed by atoms with Crippen LogP contribution in [0.1, 0.15) is 35.3 Å². The number of ether oxygens (including phenoxy) is 1. The number of carbonyl (C=O) groups is 2. The number of rotatable bonds is 9. The van der Waals surface area contributed by atoms with E-state index in [4.69, 9.17) is 4.74 Å². The van der Waals surface area contributed by atoms with Crippen LogP contribution in [0.15, 0.2) is 37.1 Å². The number of nitrogens with one attached hydrogen (secondary N) is 3. The fraction of sp³-hybridized carbons (Fsp3) is 0.375. The highest BCUT2D eigenvalue weighted by Crippen LogP contribution is 2.31. The van der Waals surface area contributed by atoms with Crippen molar-refractivity contribution in [2.75, 3.05) is 30.9 Å². The molecule has 1 aliphatic rings. The summed E-state index contributed by atoms with van der Waals surface area (Å²) in [5, 5.41) is 17.8. The smallest absolute Gasteiger partial charge is 0.260 e. The zero-order valence-electron chi connectivity index (χ0n) is 20.2. The Hall–Kier alpha value is -3.61. The van der Waals surface area contributed by atoms with Crippen molar-refractivity contribution in [1.82, 2.24) is 29.7 Å². The zero-order valence-corrected chi connectivity index (χ0v) is 21.0. The molecule has 4 aromatic rings. The van der Waals surface area contributed by atoms with E-state index < -0.39 is 0 Å². The first-order valence-corrected chi connectivity index (χ1v) is 12.6. The summed E-state index contributed by atoms with van der Waals surface area (Å²) in [5.74, 6) is -0.370. The van der Waals surface area contributed by atoms with Crippen LogP contribution in [0.5, 0.6) is 0 Å². The summed E-state index contributed by atoms with van der Waals surface area (Å²) in [6.45, 7) is 4.00. The summed E-state index contributed by atoms with van der Waals surface area (Å²) in [6, 6.07) is 1.94.